The summed E-state index contributed by atoms with van der Waals surface area (Å²) >= 11 is 12.8. The second kappa shape index (κ2) is 11.8. The first-order valence-electron chi connectivity index (χ1n) is 11.5. The van der Waals surface area contributed by atoms with Crippen LogP contribution in [0.2, 0.25) is 10.0 Å². The molecule has 0 radical (unpaired) electrons. The predicted octanol–water partition coefficient (Wildman–Crippen LogP) is 4.50. The maximum atomic E-state index is 13.6. The summed E-state index contributed by atoms with van der Waals surface area (Å²) in [5, 5.41) is 9.82. The molecule has 2 atom stereocenters. The first kappa shape index (κ1) is 26.0. The van der Waals surface area contributed by atoms with Gasteiger partial charge in [0, 0.05) is 47.7 Å². The number of ether oxygens (including phenoxy) is 2. The largest absolute Gasteiger partial charge is 0.494 e. The van der Waals surface area contributed by atoms with Crippen LogP contribution >= 0.6 is 23.2 Å². The number of aliphatic imine (C=N–C) groups is 1. The van der Waals surface area contributed by atoms with Gasteiger partial charge in [0.1, 0.15) is 5.75 Å². The molecule has 1 aliphatic heterocycles. The van der Waals surface area contributed by atoms with E-state index in [0.717, 1.165) is 5.56 Å². The number of nitrogens with one attached hydrogen (secondary N) is 2. The number of hydrogen-bond acceptors (Lipinski definition) is 6. The third-order valence-corrected chi connectivity index (χ3v) is 6.39. The molecule has 1 heterocycles. The van der Waals surface area contributed by atoms with E-state index in [4.69, 9.17) is 42.8 Å². The lowest BCUT2D eigenvalue weighted by molar-refractivity contribution is -0.129. The van der Waals surface area contributed by atoms with Gasteiger partial charge in [-0.1, -0.05) is 59.6 Å². The van der Waals surface area contributed by atoms with E-state index in [1.54, 1.807) is 37.4 Å². The van der Waals surface area contributed by atoms with E-state index in [1.165, 1.54) is 0 Å². The van der Waals surface area contributed by atoms with Crippen molar-refractivity contribution in [2.75, 3.05) is 20.3 Å². The van der Waals surface area contributed by atoms with Crippen molar-refractivity contribution in [3.63, 3.8) is 0 Å². The van der Waals surface area contributed by atoms with Crippen LogP contribution < -0.4 is 15.6 Å². The first-order valence-corrected chi connectivity index (χ1v) is 12.3. The van der Waals surface area contributed by atoms with Gasteiger partial charge in [0.2, 0.25) is 5.90 Å². The molecule has 0 spiro atoms. The number of hydrazine groups is 1. The lowest BCUT2D eigenvalue weighted by Crippen LogP contribution is -2.53. The maximum Gasteiger partial charge on any atom is 0.266 e. The highest BCUT2D eigenvalue weighted by Gasteiger charge is 2.53. The van der Waals surface area contributed by atoms with E-state index in [-0.39, 0.29) is 18.9 Å². The van der Waals surface area contributed by atoms with E-state index < -0.39 is 11.6 Å². The van der Waals surface area contributed by atoms with Crippen molar-refractivity contribution in [1.82, 2.24) is 10.9 Å². The SMILES string of the molecule is CNNC(=O)[C@@]1(Cc2ccccc2)N=C(c2ccc(OCCCO)cc2)O[C@H]1c1ccc(Cl)cc1Cl. The number of benzene rings is 3. The number of amides is 1. The molecular formula is C27H27Cl2N3O4. The van der Waals surface area contributed by atoms with Gasteiger partial charge in [-0.15, -0.1) is 0 Å². The van der Waals surface area contributed by atoms with E-state index in [9.17, 15) is 4.79 Å². The second-order valence-electron chi connectivity index (χ2n) is 8.32. The predicted molar refractivity (Wildman–Crippen MR) is 141 cm³/mol. The Morgan fingerprint density at radius 3 is 2.53 bits per heavy atom. The third-order valence-electron chi connectivity index (χ3n) is 5.83. The van der Waals surface area contributed by atoms with Crippen LogP contribution in [0, 0.1) is 0 Å². The number of carbonyl (C=O) groups excluding carboxylic acids is 1. The minimum absolute atomic E-state index is 0.0650. The molecule has 0 unspecified atom stereocenters. The molecule has 36 heavy (non-hydrogen) atoms. The van der Waals surface area contributed by atoms with Crippen LogP contribution in [0.4, 0.5) is 0 Å². The van der Waals surface area contributed by atoms with E-state index in [1.807, 2.05) is 42.5 Å². The van der Waals surface area contributed by atoms with Crippen LogP contribution in [0.25, 0.3) is 0 Å². The molecule has 7 nitrogen and oxygen atoms in total. The van der Waals surface area contributed by atoms with Gasteiger partial charge in [0.05, 0.1) is 6.61 Å². The molecule has 3 N–H and O–H groups in total. The number of aliphatic hydroxyl groups excluding tert-OH is 1. The lowest BCUT2D eigenvalue weighted by atomic mass is 9.82. The average Bonchev–Trinajstić information content (AvgIpc) is 3.25. The fourth-order valence-corrected chi connectivity index (χ4v) is 4.61. The number of aliphatic hydroxyl groups is 1. The van der Waals surface area contributed by atoms with Gasteiger partial charge in [0.25, 0.3) is 5.91 Å². The molecule has 0 fully saturated rings. The summed E-state index contributed by atoms with van der Waals surface area (Å²) in [6.07, 6.45) is 0.00635. The molecule has 4 rings (SSSR count). The van der Waals surface area contributed by atoms with Gasteiger partial charge < -0.3 is 14.6 Å². The van der Waals surface area contributed by atoms with Gasteiger partial charge >= 0.3 is 0 Å². The van der Waals surface area contributed by atoms with Crippen LogP contribution in [-0.2, 0) is 16.0 Å². The zero-order valence-corrected chi connectivity index (χ0v) is 21.2. The summed E-state index contributed by atoms with van der Waals surface area (Å²) in [6, 6.07) is 22.0. The Morgan fingerprint density at radius 1 is 1.11 bits per heavy atom. The molecule has 0 bridgehead atoms. The Morgan fingerprint density at radius 2 is 1.86 bits per heavy atom. The second-order valence-corrected chi connectivity index (χ2v) is 9.17. The van der Waals surface area contributed by atoms with Crippen LogP contribution in [-0.4, -0.2) is 42.7 Å². The third kappa shape index (κ3) is 5.65. The van der Waals surface area contributed by atoms with Crippen molar-refractivity contribution < 1.29 is 19.4 Å². The van der Waals surface area contributed by atoms with Crippen molar-refractivity contribution in [2.24, 2.45) is 4.99 Å². The number of rotatable bonds is 10. The summed E-state index contributed by atoms with van der Waals surface area (Å²) in [6.45, 7) is 0.477. The maximum absolute atomic E-state index is 13.6. The molecule has 0 saturated heterocycles. The number of hydrogen-bond donors (Lipinski definition) is 3. The number of carbonyl (C=O) groups is 1. The summed E-state index contributed by atoms with van der Waals surface area (Å²) in [7, 11) is 1.62. The summed E-state index contributed by atoms with van der Waals surface area (Å²) in [5.41, 5.74) is 6.28. The summed E-state index contributed by atoms with van der Waals surface area (Å²) in [4.78, 5) is 18.5. The smallest absolute Gasteiger partial charge is 0.266 e. The number of nitrogens with zero attached hydrogens (tertiary/aromatic N) is 1. The Balaban J connectivity index is 1.78. The molecule has 1 aliphatic rings. The number of halogens is 2. The van der Waals surface area contributed by atoms with E-state index >= 15 is 0 Å². The Bertz CT molecular complexity index is 1220. The van der Waals surface area contributed by atoms with Crippen molar-refractivity contribution >= 4 is 35.0 Å². The summed E-state index contributed by atoms with van der Waals surface area (Å²) < 4.78 is 12.0. The van der Waals surface area contributed by atoms with Crippen molar-refractivity contribution in [3.8, 4) is 5.75 Å². The van der Waals surface area contributed by atoms with Crippen LogP contribution in [0.15, 0.2) is 77.8 Å². The molecule has 0 aromatic heterocycles. The van der Waals surface area contributed by atoms with Crippen LogP contribution in [0.1, 0.15) is 29.2 Å². The van der Waals surface area contributed by atoms with E-state index in [2.05, 4.69) is 10.9 Å². The van der Waals surface area contributed by atoms with Crippen molar-refractivity contribution in [1.29, 1.82) is 0 Å². The average molecular weight is 528 g/mol. The monoisotopic (exact) mass is 527 g/mol. The molecule has 3 aromatic rings. The Kier molecular flexibility index (Phi) is 8.48. The minimum atomic E-state index is -1.35. The van der Waals surface area contributed by atoms with Crippen molar-refractivity contribution in [3.05, 3.63) is 99.5 Å². The van der Waals surface area contributed by atoms with Gasteiger partial charge in [0.15, 0.2) is 11.6 Å². The highest BCUT2D eigenvalue weighted by molar-refractivity contribution is 6.35. The standard InChI is InChI=1S/C27H27Cl2N3O4/c1-30-32-26(34)27(17-18-6-3-2-4-7-18)24(22-13-10-20(28)16-23(22)29)36-25(31-27)19-8-11-21(12-9-19)35-15-5-14-33/h2-4,6-13,16,24,30,33H,5,14-15,17H2,1H3,(H,32,34)/t24-,27-/m0/s1. The van der Waals surface area contributed by atoms with Crippen LogP contribution in [0.3, 0.4) is 0 Å². The van der Waals surface area contributed by atoms with Gasteiger partial charge in [-0.25, -0.2) is 10.4 Å². The van der Waals surface area contributed by atoms with Crippen molar-refractivity contribution in [2.45, 2.75) is 24.5 Å². The minimum Gasteiger partial charge on any atom is -0.494 e. The highest BCUT2D eigenvalue weighted by Crippen LogP contribution is 2.45. The lowest BCUT2D eigenvalue weighted by Gasteiger charge is -2.31. The molecule has 0 aliphatic carbocycles. The Labute approximate surface area is 220 Å². The van der Waals surface area contributed by atoms with Crippen LogP contribution in [0.5, 0.6) is 5.75 Å². The first-order chi connectivity index (χ1) is 17.5. The zero-order valence-electron chi connectivity index (χ0n) is 19.7. The van der Waals surface area contributed by atoms with E-state index in [0.29, 0.717) is 45.8 Å². The summed E-state index contributed by atoms with van der Waals surface area (Å²) in [5.74, 6) is 0.616. The molecule has 188 valence electrons. The van der Waals surface area contributed by atoms with Gasteiger partial charge in [-0.2, -0.15) is 0 Å². The zero-order chi connectivity index (χ0) is 25.5. The fraction of sp³-hybridized carbons (Fsp3) is 0.259. The molecule has 3 aromatic carbocycles. The molecular weight excluding hydrogens is 501 g/mol. The highest BCUT2D eigenvalue weighted by atomic mass is 35.5. The fourth-order valence-electron chi connectivity index (χ4n) is 4.10. The molecule has 0 saturated carbocycles. The Hall–Kier alpha value is -3.10. The molecule has 1 amide bonds. The quantitative estimate of drug-likeness (QED) is 0.266. The van der Waals surface area contributed by atoms with Gasteiger partial charge in [-0.3, -0.25) is 10.2 Å². The topological polar surface area (TPSA) is 92.2 Å². The van der Waals surface area contributed by atoms with Gasteiger partial charge in [-0.05, 0) is 42.0 Å². The normalized spacial score (nSPS) is 18.9. The molecule has 9 heteroatoms.